The number of aliphatic hydroxyl groups is 1. The molecule has 0 amide bonds. The molecule has 1 aromatic carbocycles. The number of hydrogen-bond donors (Lipinski definition) is 1. The van der Waals surface area contributed by atoms with E-state index in [-0.39, 0.29) is 0 Å². The van der Waals surface area contributed by atoms with Crippen LogP contribution < -0.4 is 0 Å². The van der Waals surface area contributed by atoms with E-state index in [1.807, 2.05) is 48.4 Å². The number of carbonyl (C=O) groups is 1. The first kappa shape index (κ1) is 18.4. The highest BCUT2D eigenvalue weighted by molar-refractivity contribution is 5.77. The van der Waals surface area contributed by atoms with Crippen molar-refractivity contribution in [2.75, 3.05) is 13.7 Å². The van der Waals surface area contributed by atoms with Gasteiger partial charge in [0, 0.05) is 6.54 Å². The van der Waals surface area contributed by atoms with E-state index in [1.165, 1.54) is 0 Å². The van der Waals surface area contributed by atoms with Crippen LogP contribution in [0, 0.1) is 0 Å². The summed E-state index contributed by atoms with van der Waals surface area (Å²) in [6.45, 7) is 4.72. The van der Waals surface area contributed by atoms with Crippen molar-refractivity contribution in [3.05, 3.63) is 48.0 Å². The molecular formula is C18H27NO3. The molecule has 4 heteroatoms. The van der Waals surface area contributed by atoms with E-state index in [4.69, 9.17) is 4.74 Å². The van der Waals surface area contributed by atoms with Gasteiger partial charge in [0.15, 0.2) is 0 Å². The number of likely N-dealkylation sites (N-methyl/N-ethyl adjacent to an activating group) is 1. The lowest BCUT2D eigenvalue weighted by Gasteiger charge is -2.28. The van der Waals surface area contributed by atoms with Crippen LogP contribution in [0.5, 0.6) is 0 Å². The maximum atomic E-state index is 12.2. The molecule has 0 bridgehead atoms. The van der Waals surface area contributed by atoms with Gasteiger partial charge in [0.05, 0.1) is 12.7 Å². The molecule has 0 fully saturated rings. The Balaban J connectivity index is 2.81. The molecule has 1 aromatic rings. The van der Waals surface area contributed by atoms with Crippen LogP contribution in [0.1, 0.15) is 32.3 Å². The van der Waals surface area contributed by atoms with E-state index in [9.17, 15) is 9.90 Å². The quantitative estimate of drug-likeness (QED) is 0.563. The molecule has 122 valence electrons. The second-order valence-corrected chi connectivity index (χ2v) is 5.31. The van der Waals surface area contributed by atoms with Crippen molar-refractivity contribution in [3.63, 3.8) is 0 Å². The fraction of sp³-hybridized carbons (Fsp3) is 0.500. The Hall–Kier alpha value is -1.65. The minimum Gasteiger partial charge on any atom is -0.465 e. The standard InChI is InChI=1S/C18H27NO3/c1-4-6-8-13-16(20)17(18(21)22-5-2)19(3)14-15-11-9-7-10-12-15/h7-13,16-17,20H,4-6,14H2,1-3H3/b13-8+/t16-,17+/m1/s1. The van der Waals surface area contributed by atoms with Crippen molar-refractivity contribution in [1.29, 1.82) is 0 Å². The van der Waals surface area contributed by atoms with Crippen LogP contribution >= 0.6 is 0 Å². The Morgan fingerprint density at radius 1 is 1.32 bits per heavy atom. The van der Waals surface area contributed by atoms with Gasteiger partial charge in [-0.2, -0.15) is 0 Å². The molecule has 2 atom stereocenters. The lowest BCUT2D eigenvalue weighted by atomic mass is 10.1. The molecule has 0 aromatic heterocycles. The number of benzene rings is 1. The molecule has 0 aliphatic heterocycles. The zero-order valence-corrected chi connectivity index (χ0v) is 13.7. The largest absolute Gasteiger partial charge is 0.465 e. The molecule has 0 saturated carbocycles. The first-order valence-electron chi connectivity index (χ1n) is 7.85. The predicted molar refractivity (Wildman–Crippen MR) is 88.4 cm³/mol. The second kappa shape index (κ2) is 10.1. The van der Waals surface area contributed by atoms with Gasteiger partial charge in [-0.3, -0.25) is 9.69 Å². The molecule has 1 N–H and O–H groups in total. The van der Waals surface area contributed by atoms with Crippen LogP contribution in [0.2, 0.25) is 0 Å². The SMILES string of the molecule is CCC/C=C/[C@@H](O)[C@@H](C(=O)OCC)N(C)Cc1ccccc1. The summed E-state index contributed by atoms with van der Waals surface area (Å²) >= 11 is 0. The van der Waals surface area contributed by atoms with Crippen LogP contribution in [-0.2, 0) is 16.1 Å². The lowest BCUT2D eigenvalue weighted by molar-refractivity contribution is -0.152. The maximum absolute atomic E-state index is 12.2. The summed E-state index contributed by atoms with van der Waals surface area (Å²) < 4.78 is 5.12. The number of aliphatic hydroxyl groups excluding tert-OH is 1. The number of ether oxygens (including phenoxy) is 1. The molecular weight excluding hydrogens is 278 g/mol. The van der Waals surface area contributed by atoms with Gasteiger partial charge in [-0.05, 0) is 26.0 Å². The monoisotopic (exact) mass is 305 g/mol. The van der Waals surface area contributed by atoms with Crippen molar-refractivity contribution in [2.45, 2.75) is 45.4 Å². The van der Waals surface area contributed by atoms with Gasteiger partial charge in [0.2, 0.25) is 0 Å². The molecule has 0 aliphatic carbocycles. The lowest BCUT2D eigenvalue weighted by Crippen LogP contribution is -2.47. The maximum Gasteiger partial charge on any atom is 0.326 e. The van der Waals surface area contributed by atoms with E-state index in [0.717, 1.165) is 18.4 Å². The Morgan fingerprint density at radius 3 is 2.59 bits per heavy atom. The third-order valence-electron chi connectivity index (χ3n) is 3.39. The molecule has 0 spiro atoms. The number of hydrogen-bond acceptors (Lipinski definition) is 4. The summed E-state index contributed by atoms with van der Waals surface area (Å²) in [5.41, 5.74) is 1.09. The van der Waals surface area contributed by atoms with Crippen LogP contribution in [-0.4, -0.2) is 41.8 Å². The van der Waals surface area contributed by atoms with Crippen molar-refractivity contribution in [2.24, 2.45) is 0 Å². The second-order valence-electron chi connectivity index (χ2n) is 5.31. The van der Waals surface area contributed by atoms with Crippen LogP contribution in [0.15, 0.2) is 42.5 Å². The van der Waals surface area contributed by atoms with Crippen molar-refractivity contribution in [3.8, 4) is 0 Å². The number of rotatable bonds is 9. The van der Waals surface area contributed by atoms with Gasteiger partial charge in [0.1, 0.15) is 6.04 Å². The van der Waals surface area contributed by atoms with E-state index >= 15 is 0 Å². The molecule has 1 rings (SSSR count). The van der Waals surface area contributed by atoms with Gasteiger partial charge in [-0.1, -0.05) is 55.8 Å². The molecule has 0 unspecified atom stereocenters. The van der Waals surface area contributed by atoms with Crippen LogP contribution in [0.4, 0.5) is 0 Å². The van der Waals surface area contributed by atoms with E-state index in [2.05, 4.69) is 6.92 Å². The molecule has 0 heterocycles. The fourth-order valence-corrected chi connectivity index (χ4v) is 2.29. The smallest absolute Gasteiger partial charge is 0.326 e. The zero-order chi connectivity index (χ0) is 16.4. The summed E-state index contributed by atoms with van der Waals surface area (Å²) in [6, 6.07) is 9.17. The summed E-state index contributed by atoms with van der Waals surface area (Å²) in [5.74, 6) is -0.394. The summed E-state index contributed by atoms with van der Waals surface area (Å²) in [7, 11) is 1.82. The van der Waals surface area contributed by atoms with Crippen LogP contribution in [0.25, 0.3) is 0 Å². The van der Waals surface area contributed by atoms with Gasteiger partial charge < -0.3 is 9.84 Å². The summed E-state index contributed by atoms with van der Waals surface area (Å²) in [5, 5.41) is 10.4. The average molecular weight is 305 g/mol. The number of nitrogens with zero attached hydrogens (tertiary/aromatic N) is 1. The van der Waals surface area contributed by atoms with E-state index < -0.39 is 18.1 Å². The first-order chi connectivity index (χ1) is 10.6. The van der Waals surface area contributed by atoms with E-state index in [1.54, 1.807) is 13.0 Å². The van der Waals surface area contributed by atoms with Crippen molar-refractivity contribution in [1.82, 2.24) is 4.90 Å². The highest BCUT2D eigenvalue weighted by atomic mass is 16.5. The Kier molecular flexibility index (Phi) is 8.48. The van der Waals surface area contributed by atoms with Gasteiger partial charge in [-0.15, -0.1) is 0 Å². The molecule has 0 saturated heterocycles. The predicted octanol–water partition coefficient (Wildman–Crippen LogP) is 2.77. The highest BCUT2D eigenvalue weighted by Gasteiger charge is 2.30. The zero-order valence-electron chi connectivity index (χ0n) is 13.7. The number of unbranched alkanes of at least 4 members (excludes halogenated alkanes) is 1. The average Bonchev–Trinajstić information content (AvgIpc) is 2.49. The number of esters is 1. The summed E-state index contributed by atoms with van der Waals surface area (Å²) in [4.78, 5) is 14.0. The fourth-order valence-electron chi connectivity index (χ4n) is 2.29. The molecule has 22 heavy (non-hydrogen) atoms. The summed E-state index contributed by atoms with van der Waals surface area (Å²) in [6.07, 6.45) is 4.61. The van der Waals surface area contributed by atoms with E-state index in [0.29, 0.717) is 13.2 Å². The number of allylic oxidation sites excluding steroid dienone is 1. The Labute approximate surface area is 133 Å². The van der Waals surface area contributed by atoms with Crippen LogP contribution in [0.3, 0.4) is 0 Å². The van der Waals surface area contributed by atoms with Gasteiger partial charge in [0.25, 0.3) is 0 Å². The minimum absolute atomic E-state index is 0.305. The van der Waals surface area contributed by atoms with Crippen molar-refractivity contribution < 1.29 is 14.6 Å². The minimum atomic E-state index is -0.876. The normalized spacial score (nSPS) is 14.2. The third-order valence-corrected chi connectivity index (χ3v) is 3.39. The third kappa shape index (κ3) is 6.00. The molecule has 0 radical (unpaired) electrons. The molecule has 0 aliphatic rings. The van der Waals surface area contributed by atoms with Crippen molar-refractivity contribution >= 4 is 5.97 Å². The van der Waals surface area contributed by atoms with Gasteiger partial charge >= 0.3 is 5.97 Å². The Bertz CT molecular complexity index is 459. The topological polar surface area (TPSA) is 49.8 Å². The highest BCUT2D eigenvalue weighted by Crippen LogP contribution is 2.12. The Morgan fingerprint density at radius 2 is 2.00 bits per heavy atom. The number of carbonyl (C=O) groups excluding carboxylic acids is 1. The first-order valence-corrected chi connectivity index (χ1v) is 7.85. The molecule has 4 nitrogen and oxygen atoms in total. The van der Waals surface area contributed by atoms with Gasteiger partial charge in [-0.25, -0.2) is 0 Å².